The number of anilines is 1. The van der Waals surface area contributed by atoms with E-state index in [4.69, 9.17) is 11.1 Å². The number of benzene rings is 4. The van der Waals surface area contributed by atoms with Crippen molar-refractivity contribution in [2.45, 2.75) is 37.8 Å². The number of carbonyl (C=O) groups is 1. The maximum Gasteiger partial charge on any atom is 0.257 e. The van der Waals surface area contributed by atoms with Gasteiger partial charge in [0.05, 0.1) is 10.5 Å². The number of hydrogen-bond acceptors (Lipinski definition) is 4. The smallest absolute Gasteiger partial charge is 0.257 e. The Morgan fingerprint density at radius 3 is 2.18 bits per heavy atom. The van der Waals surface area contributed by atoms with Crippen LogP contribution in [0.5, 0.6) is 0 Å². The molecule has 5 aromatic rings. The predicted octanol–water partition coefficient (Wildman–Crippen LogP) is 6.48. The summed E-state index contributed by atoms with van der Waals surface area (Å²) >= 11 is 0. The van der Waals surface area contributed by atoms with Crippen LogP contribution in [0.4, 0.5) is 5.69 Å². The monoisotopic (exact) mass is 605 g/mol. The largest absolute Gasteiger partial charge is 0.384 e. The molecule has 0 atom stereocenters. The Hall–Kier alpha value is -4.99. The Bertz CT molecular complexity index is 1920. The number of sulfonamides is 1. The molecule has 44 heavy (non-hydrogen) atoms. The molecule has 8 nitrogen and oxygen atoms in total. The molecule has 4 aromatic carbocycles. The lowest BCUT2D eigenvalue weighted by Gasteiger charge is -2.21. The molecule has 224 valence electrons. The highest BCUT2D eigenvalue weighted by molar-refractivity contribution is 7.89. The van der Waals surface area contributed by atoms with Gasteiger partial charge in [0.25, 0.3) is 5.91 Å². The highest BCUT2D eigenvalue weighted by Gasteiger charge is 2.25. The van der Waals surface area contributed by atoms with Crippen LogP contribution in [0.3, 0.4) is 0 Å². The second-order valence-corrected chi connectivity index (χ2v) is 13.3. The van der Waals surface area contributed by atoms with E-state index in [9.17, 15) is 13.2 Å². The van der Waals surface area contributed by atoms with Gasteiger partial charge in [-0.2, -0.15) is 0 Å². The quantitative estimate of drug-likeness (QED) is 0.113. The predicted molar refractivity (Wildman–Crippen MR) is 176 cm³/mol. The number of amides is 1. The van der Waals surface area contributed by atoms with E-state index in [1.54, 1.807) is 81.4 Å². The molecule has 0 aliphatic heterocycles. The first-order valence-corrected chi connectivity index (χ1v) is 15.6. The van der Waals surface area contributed by atoms with Gasteiger partial charge in [-0.15, -0.1) is 0 Å². The minimum atomic E-state index is -3.77. The fraction of sp³-hybridized carbons (Fsp3) is 0.143. The fourth-order valence-corrected chi connectivity index (χ4v) is 6.64. The Labute approximate surface area is 258 Å². The van der Waals surface area contributed by atoms with E-state index in [0.717, 1.165) is 11.1 Å². The van der Waals surface area contributed by atoms with Crippen molar-refractivity contribution in [1.82, 2.24) is 9.29 Å². The number of nitrogen functional groups attached to an aromatic ring is 1. The molecule has 5 N–H and O–H groups in total. The second-order valence-electron chi connectivity index (χ2n) is 11.6. The molecule has 0 bridgehead atoms. The minimum Gasteiger partial charge on any atom is -0.384 e. The highest BCUT2D eigenvalue weighted by Crippen LogP contribution is 2.30. The van der Waals surface area contributed by atoms with Gasteiger partial charge in [0.15, 0.2) is 0 Å². The van der Waals surface area contributed by atoms with Crippen molar-refractivity contribution in [2.75, 3.05) is 5.32 Å². The topological polar surface area (TPSA) is 130 Å². The van der Waals surface area contributed by atoms with Crippen LogP contribution in [0, 0.1) is 5.41 Å². The van der Waals surface area contributed by atoms with Gasteiger partial charge in [-0.25, -0.2) is 13.1 Å². The Morgan fingerprint density at radius 2 is 1.50 bits per heavy atom. The third-order valence-corrected chi connectivity index (χ3v) is 8.70. The summed E-state index contributed by atoms with van der Waals surface area (Å²) in [6, 6.07) is 31.2. The van der Waals surface area contributed by atoms with Crippen molar-refractivity contribution in [3.63, 3.8) is 0 Å². The van der Waals surface area contributed by atoms with Crippen LogP contribution in [0.15, 0.2) is 120 Å². The molecule has 1 amide bonds. The maximum absolute atomic E-state index is 13.7. The number of amidine groups is 1. The molecule has 0 saturated carbocycles. The summed E-state index contributed by atoms with van der Waals surface area (Å²) in [4.78, 5) is 13.9. The third-order valence-electron chi connectivity index (χ3n) is 6.89. The third kappa shape index (κ3) is 7.14. The molecule has 0 saturated heterocycles. The Morgan fingerprint density at radius 1 is 0.818 bits per heavy atom. The van der Waals surface area contributed by atoms with E-state index in [1.165, 1.54) is 0 Å². The van der Waals surface area contributed by atoms with Crippen molar-refractivity contribution < 1.29 is 13.2 Å². The van der Waals surface area contributed by atoms with Gasteiger partial charge in [0.1, 0.15) is 5.84 Å². The second kappa shape index (κ2) is 12.3. The van der Waals surface area contributed by atoms with Gasteiger partial charge >= 0.3 is 0 Å². The van der Waals surface area contributed by atoms with Gasteiger partial charge in [0, 0.05) is 46.9 Å². The summed E-state index contributed by atoms with van der Waals surface area (Å²) in [5.74, 6) is -0.352. The number of aromatic nitrogens is 1. The number of nitrogens with two attached hydrogens (primary N) is 1. The minimum absolute atomic E-state index is 0.0507. The number of carbonyl (C=O) groups excluding carboxylic acids is 1. The summed E-state index contributed by atoms with van der Waals surface area (Å²) in [6.45, 7) is 5.97. The van der Waals surface area contributed by atoms with Gasteiger partial charge in [-0.1, -0.05) is 78.9 Å². The van der Waals surface area contributed by atoms with Gasteiger partial charge < -0.3 is 15.6 Å². The highest BCUT2D eigenvalue weighted by atomic mass is 32.2. The molecule has 0 radical (unpaired) electrons. The van der Waals surface area contributed by atoms with Crippen LogP contribution in [-0.2, 0) is 16.6 Å². The van der Waals surface area contributed by atoms with E-state index in [1.807, 2.05) is 59.4 Å². The SMILES string of the molecule is CC(C)(C)NS(=O)(=O)c1ccccc1-c1ccc(NC(=O)c2cn(Cc3ccccc3)cc2-c2cccc(C(=N)N)c2)cc1. The van der Waals surface area contributed by atoms with Crippen LogP contribution in [0.25, 0.3) is 22.3 Å². The maximum atomic E-state index is 13.7. The van der Waals surface area contributed by atoms with Crippen LogP contribution in [0.1, 0.15) is 42.3 Å². The lowest BCUT2D eigenvalue weighted by Crippen LogP contribution is -2.40. The number of nitrogens with zero attached hydrogens (tertiary/aromatic N) is 1. The van der Waals surface area contributed by atoms with Crippen molar-refractivity contribution in [3.05, 3.63) is 132 Å². The summed E-state index contributed by atoms with van der Waals surface area (Å²) in [5.41, 5.74) is 10.5. The average Bonchev–Trinajstić information content (AvgIpc) is 3.41. The first-order chi connectivity index (χ1) is 20.9. The summed E-state index contributed by atoms with van der Waals surface area (Å²) in [7, 11) is -3.77. The lowest BCUT2D eigenvalue weighted by molar-refractivity contribution is 0.102. The summed E-state index contributed by atoms with van der Waals surface area (Å²) in [6.07, 6.45) is 3.74. The van der Waals surface area contributed by atoms with Crippen LogP contribution in [0.2, 0.25) is 0 Å². The molecule has 1 aromatic heterocycles. The normalized spacial score (nSPS) is 11.7. The fourth-order valence-electron chi connectivity index (χ4n) is 4.99. The molecule has 1 heterocycles. The molecular weight excluding hydrogens is 570 g/mol. The molecule has 0 unspecified atom stereocenters. The molecule has 0 spiro atoms. The zero-order valence-electron chi connectivity index (χ0n) is 24.8. The lowest BCUT2D eigenvalue weighted by atomic mass is 10.0. The molecule has 9 heteroatoms. The molecule has 0 aliphatic carbocycles. The number of nitrogens with one attached hydrogen (secondary N) is 3. The molecule has 5 rings (SSSR count). The standard InChI is InChI=1S/C35H35N5O3S/c1-35(2,3)39-44(42,43)32-15-8-7-14-29(32)25-16-18-28(19-17-25)38-34(41)31-23-40(21-24-10-5-4-6-11-24)22-30(31)26-12-9-13-27(20-26)33(36)37/h4-20,22-23,39H,21H2,1-3H3,(H3,36,37)(H,38,41). The molecular formula is C35H35N5O3S. The number of hydrogen-bond donors (Lipinski definition) is 4. The van der Waals surface area contributed by atoms with Gasteiger partial charge in [-0.3, -0.25) is 10.2 Å². The van der Waals surface area contributed by atoms with E-state index < -0.39 is 15.6 Å². The number of rotatable bonds is 9. The van der Waals surface area contributed by atoms with Crippen molar-refractivity contribution >= 4 is 27.5 Å². The summed E-state index contributed by atoms with van der Waals surface area (Å²) in [5, 5.41) is 10.8. The van der Waals surface area contributed by atoms with Crippen molar-refractivity contribution in [3.8, 4) is 22.3 Å². The van der Waals surface area contributed by atoms with Gasteiger partial charge in [-0.05, 0) is 61.7 Å². The van der Waals surface area contributed by atoms with Gasteiger partial charge in [0.2, 0.25) is 10.0 Å². The first kappa shape index (κ1) is 30.5. The van der Waals surface area contributed by atoms with E-state index in [-0.39, 0.29) is 16.6 Å². The average molecular weight is 606 g/mol. The van der Waals surface area contributed by atoms with E-state index >= 15 is 0 Å². The zero-order chi connectivity index (χ0) is 31.5. The van der Waals surface area contributed by atoms with Crippen LogP contribution < -0.4 is 15.8 Å². The Kier molecular flexibility index (Phi) is 8.53. The first-order valence-electron chi connectivity index (χ1n) is 14.1. The van der Waals surface area contributed by atoms with Crippen LogP contribution in [-0.4, -0.2) is 30.3 Å². The van der Waals surface area contributed by atoms with Crippen LogP contribution >= 0.6 is 0 Å². The Balaban J connectivity index is 1.44. The summed E-state index contributed by atoms with van der Waals surface area (Å²) < 4.78 is 31.0. The zero-order valence-corrected chi connectivity index (χ0v) is 25.7. The van der Waals surface area contributed by atoms with E-state index in [2.05, 4.69) is 10.0 Å². The van der Waals surface area contributed by atoms with Crippen molar-refractivity contribution in [1.29, 1.82) is 5.41 Å². The molecule has 0 fully saturated rings. The molecule has 0 aliphatic rings. The van der Waals surface area contributed by atoms with Crippen molar-refractivity contribution in [2.24, 2.45) is 5.73 Å². The van der Waals surface area contributed by atoms with E-state index in [0.29, 0.717) is 40.0 Å².